The first-order valence-electron chi connectivity index (χ1n) is 10.1. The molecule has 9 heteroatoms. The lowest BCUT2D eigenvalue weighted by atomic mass is 10.1. The van der Waals surface area contributed by atoms with E-state index in [-0.39, 0.29) is 23.8 Å². The average Bonchev–Trinajstić information content (AvgIpc) is 3.35. The van der Waals surface area contributed by atoms with Gasteiger partial charge in [-0.2, -0.15) is 0 Å². The number of halogens is 1. The number of hydrogen-bond donors (Lipinski definition) is 1. The summed E-state index contributed by atoms with van der Waals surface area (Å²) in [5, 5.41) is 3.30. The van der Waals surface area contributed by atoms with Crippen LogP contribution in [0.15, 0.2) is 65.3 Å². The average molecular weight is 471 g/mol. The minimum Gasteiger partial charge on any atom is -0.492 e. The third-order valence-corrected chi connectivity index (χ3v) is 4.98. The summed E-state index contributed by atoms with van der Waals surface area (Å²) in [6.45, 7) is 1.96. The van der Waals surface area contributed by atoms with Crippen LogP contribution in [0, 0.1) is 6.92 Å². The van der Waals surface area contributed by atoms with Crippen molar-refractivity contribution in [2.75, 3.05) is 32.1 Å². The van der Waals surface area contributed by atoms with Crippen LogP contribution >= 0.6 is 11.6 Å². The number of rotatable bonds is 9. The molecule has 1 aromatic heterocycles. The van der Waals surface area contributed by atoms with Crippen LogP contribution in [-0.2, 0) is 9.53 Å². The number of carbonyl (C=O) groups is 3. The standard InChI is InChI=1S/C24H23ClN2O6/c1-16-5-6-17(14-20(16)26-23(29)21-4-3-12-32-21)24(30)33-15-22(28)27(2)11-13-31-19-9-7-18(25)8-10-19/h3-10,12,14H,11,13,15H2,1-2H3,(H,26,29). The summed E-state index contributed by atoms with van der Waals surface area (Å²) in [6, 6.07) is 14.8. The van der Waals surface area contributed by atoms with E-state index in [9.17, 15) is 14.4 Å². The fraction of sp³-hybridized carbons (Fsp3) is 0.208. The number of furan rings is 1. The maximum absolute atomic E-state index is 12.4. The highest BCUT2D eigenvalue weighted by molar-refractivity contribution is 6.30. The maximum atomic E-state index is 12.4. The van der Waals surface area contributed by atoms with Crippen LogP contribution < -0.4 is 10.1 Å². The molecule has 0 saturated carbocycles. The van der Waals surface area contributed by atoms with Crippen LogP contribution in [-0.4, -0.2) is 49.5 Å². The van der Waals surface area contributed by atoms with Crippen LogP contribution in [0.25, 0.3) is 0 Å². The topological polar surface area (TPSA) is 98.1 Å². The number of anilines is 1. The second-order valence-electron chi connectivity index (χ2n) is 7.15. The smallest absolute Gasteiger partial charge is 0.338 e. The number of likely N-dealkylation sites (N-methyl/N-ethyl adjacent to an activating group) is 1. The minimum atomic E-state index is -0.678. The van der Waals surface area contributed by atoms with E-state index in [1.54, 1.807) is 56.4 Å². The van der Waals surface area contributed by atoms with Crippen molar-refractivity contribution in [3.8, 4) is 5.75 Å². The highest BCUT2D eigenvalue weighted by atomic mass is 35.5. The van der Waals surface area contributed by atoms with Crippen molar-refractivity contribution in [2.24, 2.45) is 0 Å². The van der Waals surface area contributed by atoms with E-state index in [1.165, 1.54) is 23.3 Å². The molecule has 0 saturated heterocycles. The molecule has 1 heterocycles. The van der Waals surface area contributed by atoms with Crippen molar-refractivity contribution < 1.29 is 28.3 Å². The molecule has 0 spiro atoms. The molecule has 0 aliphatic heterocycles. The predicted molar refractivity (Wildman–Crippen MR) is 123 cm³/mol. The number of nitrogens with zero attached hydrogens (tertiary/aromatic N) is 1. The summed E-state index contributed by atoms with van der Waals surface area (Å²) in [4.78, 5) is 38.3. The molecule has 0 radical (unpaired) electrons. The number of carbonyl (C=O) groups excluding carboxylic acids is 3. The van der Waals surface area contributed by atoms with Gasteiger partial charge in [0, 0.05) is 17.8 Å². The third-order valence-electron chi connectivity index (χ3n) is 4.73. The van der Waals surface area contributed by atoms with Gasteiger partial charge in [-0.05, 0) is 61.0 Å². The third kappa shape index (κ3) is 6.85. The number of nitrogens with one attached hydrogen (secondary N) is 1. The second kappa shape index (κ2) is 11.2. The van der Waals surface area contributed by atoms with Crippen molar-refractivity contribution in [3.63, 3.8) is 0 Å². The Labute approximate surface area is 196 Å². The van der Waals surface area contributed by atoms with Crippen LogP contribution in [0.1, 0.15) is 26.5 Å². The molecule has 3 rings (SSSR count). The van der Waals surface area contributed by atoms with Crippen LogP contribution in [0.4, 0.5) is 5.69 Å². The van der Waals surface area contributed by atoms with Crippen molar-refractivity contribution >= 4 is 35.1 Å². The Morgan fingerprint density at radius 1 is 1.09 bits per heavy atom. The Kier molecular flexibility index (Phi) is 8.10. The van der Waals surface area contributed by atoms with Gasteiger partial charge < -0.3 is 24.1 Å². The lowest BCUT2D eigenvalue weighted by molar-refractivity contribution is -0.133. The molecule has 8 nitrogen and oxygen atoms in total. The number of hydrogen-bond acceptors (Lipinski definition) is 6. The lowest BCUT2D eigenvalue weighted by Crippen LogP contribution is -2.34. The quantitative estimate of drug-likeness (QED) is 0.471. The molecule has 1 N–H and O–H groups in total. The van der Waals surface area contributed by atoms with Gasteiger partial charge in [-0.1, -0.05) is 17.7 Å². The maximum Gasteiger partial charge on any atom is 0.338 e. The van der Waals surface area contributed by atoms with Gasteiger partial charge in [0.1, 0.15) is 12.4 Å². The van der Waals surface area contributed by atoms with Gasteiger partial charge in [0.15, 0.2) is 12.4 Å². The Bertz CT molecular complexity index is 1110. The van der Waals surface area contributed by atoms with Gasteiger partial charge in [0.2, 0.25) is 0 Å². The summed E-state index contributed by atoms with van der Waals surface area (Å²) in [5.74, 6) is -0.701. The van der Waals surface area contributed by atoms with Crippen molar-refractivity contribution in [2.45, 2.75) is 6.92 Å². The Morgan fingerprint density at radius 2 is 1.85 bits per heavy atom. The van der Waals surface area contributed by atoms with E-state index in [2.05, 4.69) is 5.32 Å². The molecule has 2 amide bonds. The molecule has 0 fully saturated rings. The van der Waals surface area contributed by atoms with Crippen molar-refractivity contribution in [1.29, 1.82) is 0 Å². The number of benzene rings is 2. The first kappa shape index (κ1) is 23.9. The number of amides is 2. The highest BCUT2D eigenvalue weighted by Crippen LogP contribution is 2.19. The fourth-order valence-corrected chi connectivity index (χ4v) is 2.88. The van der Waals surface area contributed by atoms with E-state index in [1.807, 2.05) is 0 Å². The van der Waals surface area contributed by atoms with E-state index in [0.29, 0.717) is 23.0 Å². The fourth-order valence-electron chi connectivity index (χ4n) is 2.75. The SMILES string of the molecule is Cc1ccc(C(=O)OCC(=O)N(C)CCOc2ccc(Cl)cc2)cc1NC(=O)c1ccco1. The molecule has 3 aromatic rings. The zero-order valence-corrected chi connectivity index (χ0v) is 18.9. The first-order valence-corrected chi connectivity index (χ1v) is 10.5. The van der Waals surface area contributed by atoms with Gasteiger partial charge >= 0.3 is 5.97 Å². The number of esters is 1. The molecule has 2 aromatic carbocycles. The largest absolute Gasteiger partial charge is 0.492 e. The van der Waals surface area contributed by atoms with E-state index < -0.39 is 18.5 Å². The minimum absolute atomic E-state index is 0.149. The summed E-state index contributed by atoms with van der Waals surface area (Å²) in [5.41, 5.74) is 1.40. The Morgan fingerprint density at radius 3 is 2.55 bits per heavy atom. The summed E-state index contributed by atoms with van der Waals surface area (Å²) < 4.78 is 15.8. The van der Waals surface area contributed by atoms with Crippen LogP contribution in [0.2, 0.25) is 5.02 Å². The monoisotopic (exact) mass is 470 g/mol. The van der Waals surface area contributed by atoms with Gasteiger partial charge in [0.05, 0.1) is 18.4 Å². The highest BCUT2D eigenvalue weighted by Gasteiger charge is 2.16. The van der Waals surface area contributed by atoms with Crippen LogP contribution in [0.3, 0.4) is 0 Å². The molecule has 0 aliphatic carbocycles. The van der Waals surface area contributed by atoms with Gasteiger partial charge in [-0.15, -0.1) is 0 Å². The Hall–Kier alpha value is -3.78. The predicted octanol–water partition coefficient (Wildman–Crippen LogP) is 4.19. The Balaban J connectivity index is 1.48. The molecule has 0 aliphatic rings. The number of ether oxygens (including phenoxy) is 2. The zero-order valence-electron chi connectivity index (χ0n) is 18.2. The van der Waals surface area contributed by atoms with Crippen molar-refractivity contribution in [1.82, 2.24) is 4.90 Å². The number of aryl methyl sites for hydroxylation is 1. The molecular formula is C24H23ClN2O6. The molecular weight excluding hydrogens is 448 g/mol. The van der Waals surface area contributed by atoms with Gasteiger partial charge in [-0.25, -0.2) is 4.79 Å². The summed E-state index contributed by atoms with van der Waals surface area (Å²) in [7, 11) is 1.59. The zero-order chi connectivity index (χ0) is 23.8. The lowest BCUT2D eigenvalue weighted by Gasteiger charge is -2.17. The summed E-state index contributed by atoms with van der Waals surface area (Å²) >= 11 is 5.83. The van der Waals surface area contributed by atoms with Crippen LogP contribution in [0.5, 0.6) is 5.75 Å². The summed E-state index contributed by atoms with van der Waals surface area (Å²) in [6.07, 6.45) is 1.40. The first-order chi connectivity index (χ1) is 15.8. The normalized spacial score (nSPS) is 10.4. The van der Waals surface area contributed by atoms with E-state index >= 15 is 0 Å². The molecule has 0 atom stereocenters. The van der Waals surface area contributed by atoms with Gasteiger partial charge in [0.25, 0.3) is 11.8 Å². The van der Waals surface area contributed by atoms with Gasteiger partial charge in [-0.3, -0.25) is 9.59 Å². The van der Waals surface area contributed by atoms with Crippen molar-refractivity contribution in [3.05, 3.63) is 82.8 Å². The molecule has 0 bridgehead atoms. The molecule has 33 heavy (non-hydrogen) atoms. The molecule has 0 unspecified atom stereocenters. The molecule has 172 valence electrons. The second-order valence-corrected chi connectivity index (χ2v) is 7.59. The van der Waals surface area contributed by atoms with E-state index in [0.717, 1.165) is 5.56 Å². The van der Waals surface area contributed by atoms with E-state index in [4.69, 9.17) is 25.5 Å².